The van der Waals surface area contributed by atoms with Crippen molar-refractivity contribution in [2.75, 3.05) is 31.6 Å². The molecular weight excluding hydrogens is 362 g/mol. The number of likely N-dealkylation sites (tertiary alicyclic amines) is 1. The molecule has 2 aliphatic rings. The molecule has 4 heterocycles. The molecule has 0 radical (unpaired) electrons. The van der Waals surface area contributed by atoms with E-state index in [1.807, 2.05) is 6.92 Å². The van der Waals surface area contributed by atoms with Gasteiger partial charge in [0.15, 0.2) is 5.13 Å². The molecule has 2 aliphatic heterocycles. The van der Waals surface area contributed by atoms with Crippen LogP contribution in [0.2, 0.25) is 0 Å². The number of ether oxygens (including phenoxy) is 1. The van der Waals surface area contributed by atoms with Gasteiger partial charge in [-0.2, -0.15) is 5.10 Å². The summed E-state index contributed by atoms with van der Waals surface area (Å²) in [4.78, 5) is 19.3. The van der Waals surface area contributed by atoms with E-state index in [9.17, 15) is 4.79 Å². The summed E-state index contributed by atoms with van der Waals surface area (Å²) in [6.07, 6.45) is 4.45. The third-order valence-electron chi connectivity index (χ3n) is 5.36. The van der Waals surface area contributed by atoms with E-state index in [1.165, 1.54) is 19.3 Å². The molecule has 1 unspecified atom stereocenters. The number of hydrogen-bond donors (Lipinski definition) is 1. The van der Waals surface area contributed by atoms with Gasteiger partial charge < -0.3 is 10.1 Å². The number of fused-ring (bicyclic) bond motifs is 1. The molecule has 146 valence electrons. The fourth-order valence-corrected chi connectivity index (χ4v) is 4.56. The minimum atomic E-state index is -0.0239. The van der Waals surface area contributed by atoms with E-state index < -0.39 is 0 Å². The molecule has 2 aromatic heterocycles. The average molecular weight is 390 g/mol. The lowest BCUT2D eigenvalue weighted by atomic mass is 10.0. The number of thiazole rings is 1. The van der Waals surface area contributed by atoms with Crippen LogP contribution in [0.15, 0.2) is 16.2 Å². The number of aromatic nitrogens is 3. The van der Waals surface area contributed by atoms with Crippen LogP contribution in [0.25, 0.3) is 0 Å². The van der Waals surface area contributed by atoms with Gasteiger partial charge in [0.2, 0.25) is 0 Å². The Balaban J connectivity index is 1.37. The van der Waals surface area contributed by atoms with E-state index in [0.29, 0.717) is 25.8 Å². The summed E-state index contributed by atoms with van der Waals surface area (Å²) in [6.45, 7) is 6.69. The van der Waals surface area contributed by atoms with Crippen LogP contribution >= 0.6 is 11.3 Å². The van der Waals surface area contributed by atoms with Crippen molar-refractivity contribution in [2.24, 2.45) is 0 Å². The van der Waals surface area contributed by atoms with Crippen molar-refractivity contribution in [1.29, 1.82) is 0 Å². The molecule has 0 spiro atoms. The summed E-state index contributed by atoms with van der Waals surface area (Å²) in [5, 5.41) is 11.1. The number of nitrogens with one attached hydrogen (secondary N) is 1. The Bertz CT molecular complexity index is 834. The maximum Gasteiger partial charge on any atom is 0.267 e. The zero-order chi connectivity index (χ0) is 18.6. The minimum Gasteiger partial charge on any atom is -0.376 e. The van der Waals surface area contributed by atoms with Gasteiger partial charge in [-0.25, -0.2) is 9.67 Å². The third kappa shape index (κ3) is 4.56. The van der Waals surface area contributed by atoms with Crippen molar-refractivity contribution >= 4 is 16.5 Å². The molecule has 0 bridgehead atoms. The molecule has 27 heavy (non-hydrogen) atoms. The van der Waals surface area contributed by atoms with Gasteiger partial charge in [0.25, 0.3) is 5.56 Å². The highest BCUT2D eigenvalue weighted by Crippen LogP contribution is 2.20. The van der Waals surface area contributed by atoms with Crippen LogP contribution in [0, 0.1) is 6.92 Å². The summed E-state index contributed by atoms with van der Waals surface area (Å²) in [7, 11) is 0. The van der Waals surface area contributed by atoms with Crippen LogP contribution in [0.3, 0.4) is 0 Å². The molecule has 2 aromatic rings. The van der Waals surface area contributed by atoms with E-state index in [-0.39, 0.29) is 5.56 Å². The predicted octanol–water partition coefficient (Wildman–Crippen LogP) is 2.05. The van der Waals surface area contributed by atoms with Gasteiger partial charge >= 0.3 is 0 Å². The lowest BCUT2D eigenvalue weighted by Gasteiger charge is -2.35. The summed E-state index contributed by atoms with van der Waals surface area (Å²) < 4.78 is 7.05. The maximum atomic E-state index is 12.4. The van der Waals surface area contributed by atoms with Crippen LogP contribution < -0.4 is 10.9 Å². The lowest BCUT2D eigenvalue weighted by molar-refractivity contribution is 0.107. The average Bonchev–Trinajstić information content (AvgIpc) is 3.10. The van der Waals surface area contributed by atoms with Crippen molar-refractivity contribution < 1.29 is 4.74 Å². The second kappa shape index (κ2) is 8.50. The molecule has 1 saturated heterocycles. The Morgan fingerprint density at radius 1 is 1.37 bits per heavy atom. The molecule has 0 saturated carbocycles. The monoisotopic (exact) mass is 389 g/mol. The summed E-state index contributed by atoms with van der Waals surface area (Å²) in [6, 6.07) is 2.17. The van der Waals surface area contributed by atoms with Crippen LogP contribution in [0.1, 0.15) is 36.2 Å². The molecule has 1 fully saturated rings. The van der Waals surface area contributed by atoms with Crippen molar-refractivity contribution in [3.8, 4) is 0 Å². The SMILES string of the molecule is Cc1csc(NCC2CCCCN2CCn2nc3c(cc2=O)COCC3)n1. The Morgan fingerprint density at radius 3 is 3.15 bits per heavy atom. The maximum absolute atomic E-state index is 12.4. The quantitative estimate of drug-likeness (QED) is 0.815. The topological polar surface area (TPSA) is 72.3 Å². The van der Waals surface area contributed by atoms with Gasteiger partial charge in [-0.3, -0.25) is 9.69 Å². The molecule has 0 aromatic carbocycles. The smallest absolute Gasteiger partial charge is 0.267 e. The lowest BCUT2D eigenvalue weighted by Crippen LogP contribution is -2.45. The second-order valence-electron chi connectivity index (χ2n) is 7.34. The van der Waals surface area contributed by atoms with Gasteiger partial charge in [0.05, 0.1) is 31.1 Å². The van der Waals surface area contributed by atoms with E-state index >= 15 is 0 Å². The van der Waals surface area contributed by atoms with E-state index in [4.69, 9.17) is 4.74 Å². The van der Waals surface area contributed by atoms with Gasteiger partial charge in [-0.05, 0) is 26.3 Å². The van der Waals surface area contributed by atoms with Crippen LogP contribution in [0.4, 0.5) is 5.13 Å². The Labute approximate surface area is 163 Å². The van der Waals surface area contributed by atoms with Gasteiger partial charge in [-0.15, -0.1) is 11.3 Å². The van der Waals surface area contributed by atoms with E-state index in [2.05, 4.69) is 25.7 Å². The van der Waals surface area contributed by atoms with Crippen LogP contribution in [-0.4, -0.2) is 51.9 Å². The first-order chi connectivity index (χ1) is 13.2. The highest BCUT2D eigenvalue weighted by Gasteiger charge is 2.23. The van der Waals surface area contributed by atoms with Crippen molar-refractivity contribution in [2.45, 2.75) is 51.8 Å². The van der Waals surface area contributed by atoms with Crippen LogP contribution in [0.5, 0.6) is 0 Å². The van der Waals surface area contributed by atoms with Gasteiger partial charge in [-0.1, -0.05) is 6.42 Å². The summed E-state index contributed by atoms with van der Waals surface area (Å²) in [5.74, 6) is 0. The van der Waals surface area contributed by atoms with Crippen molar-refractivity contribution in [1.82, 2.24) is 19.7 Å². The molecule has 1 atom stereocenters. The highest BCUT2D eigenvalue weighted by atomic mass is 32.1. The fraction of sp³-hybridized carbons (Fsp3) is 0.632. The summed E-state index contributed by atoms with van der Waals surface area (Å²) in [5.41, 5.74) is 2.99. The number of aryl methyl sites for hydroxylation is 1. The first kappa shape index (κ1) is 18.6. The number of hydrogen-bond acceptors (Lipinski definition) is 7. The number of rotatable bonds is 6. The van der Waals surface area contributed by atoms with E-state index in [0.717, 1.165) is 48.1 Å². The van der Waals surface area contributed by atoms with E-state index in [1.54, 1.807) is 22.1 Å². The zero-order valence-corrected chi connectivity index (χ0v) is 16.6. The highest BCUT2D eigenvalue weighted by molar-refractivity contribution is 7.13. The van der Waals surface area contributed by atoms with Crippen molar-refractivity contribution in [3.63, 3.8) is 0 Å². The minimum absolute atomic E-state index is 0.0239. The molecule has 0 aliphatic carbocycles. The first-order valence-electron chi connectivity index (χ1n) is 9.77. The molecular formula is C19H27N5O2S. The molecule has 1 N–H and O–H groups in total. The number of nitrogens with zero attached hydrogens (tertiary/aromatic N) is 4. The van der Waals surface area contributed by atoms with Crippen molar-refractivity contribution in [3.05, 3.63) is 38.8 Å². The largest absolute Gasteiger partial charge is 0.376 e. The van der Waals surface area contributed by atoms with Crippen LogP contribution in [-0.2, 0) is 24.3 Å². The normalized spacial score (nSPS) is 20.4. The zero-order valence-electron chi connectivity index (χ0n) is 15.8. The Kier molecular flexibility index (Phi) is 5.85. The standard InChI is InChI=1S/C19H27N5O2S/c1-14-13-27-19(21-14)20-11-16-4-2-3-6-23(16)7-8-24-18(25)10-15-12-26-9-5-17(15)22-24/h10,13,16H,2-9,11-12H2,1H3,(H,20,21). The number of anilines is 1. The molecule has 7 nitrogen and oxygen atoms in total. The molecule has 4 rings (SSSR count). The fourth-order valence-electron chi connectivity index (χ4n) is 3.86. The summed E-state index contributed by atoms with van der Waals surface area (Å²) >= 11 is 1.66. The molecule has 8 heteroatoms. The second-order valence-corrected chi connectivity index (χ2v) is 8.20. The Hall–Kier alpha value is -1.77. The predicted molar refractivity (Wildman–Crippen MR) is 106 cm³/mol. The Morgan fingerprint density at radius 2 is 2.30 bits per heavy atom. The third-order valence-corrected chi connectivity index (χ3v) is 6.28. The molecule has 0 amide bonds. The first-order valence-corrected chi connectivity index (χ1v) is 10.6. The van der Waals surface area contributed by atoms with Gasteiger partial charge in [0, 0.05) is 42.6 Å². The van der Waals surface area contributed by atoms with Gasteiger partial charge in [0.1, 0.15) is 0 Å². The number of piperidine rings is 1.